The summed E-state index contributed by atoms with van der Waals surface area (Å²) in [7, 11) is 1.90. The molecule has 0 aromatic carbocycles. The molecule has 1 aliphatic heterocycles. The SMILES string of the molecule is CCC1(O)CC=CN1C. The Kier molecular flexibility index (Phi) is 1.49. The van der Waals surface area contributed by atoms with Gasteiger partial charge in [0.2, 0.25) is 0 Å². The average Bonchev–Trinajstić information content (AvgIpc) is 2.15. The van der Waals surface area contributed by atoms with Gasteiger partial charge in [-0.15, -0.1) is 0 Å². The zero-order valence-corrected chi connectivity index (χ0v) is 5.96. The van der Waals surface area contributed by atoms with Gasteiger partial charge in [-0.2, -0.15) is 0 Å². The highest BCUT2D eigenvalue weighted by Gasteiger charge is 2.29. The molecule has 0 bridgehead atoms. The van der Waals surface area contributed by atoms with Crippen LogP contribution in [0.1, 0.15) is 19.8 Å². The molecule has 1 atom stereocenters. The second kappa shape index (κ2) is 2.03. The molecule has 1 rings (SSSR count). The molecule has 1 N–H and O–H groups in total. The minimum Gasteiger partial charge on any atom is -0.371 e. The summed E-state index contributed by atoms with van der Waals surface area (Å²) in [5, 5.41) is 9.63. The fourth-order valence-corrected chi connectivity index (χ4v) is 1.08. The lowest BCUT2D eigenvalue weighted by atomic mass is 10.1. The highest BCUT2D eigenvalue weighted by Crippen LogP contribution is 2.24. The van der Waals surface area contributed by atoms with Crippen molar-refractivity contribution in [2.75, 3.05) is 7.05 Å². The molecule has 0 radical (unpaired) electrons. The summed E-state index contributed by atoms with van der Waals surface area (Å²) in [6.07, 6.45) is 5.46. The van der Waals surface area contributed by atoms with Crippen LogP contribution >= 0.6 is 0 Å². The Hall–Kier alpha value is -0.500. The molecule has 52 valence electrons. The lowest BCUT2D eigenvalue weighted by Crippen LogP contribution is -2.38. The first kappa shape index (κ1) is 6.62. The van der Waals surface area contributed by atoms with Crippen LogP contribution in [0.15, 0.2) is 12.3 Å². The second-order valence-electron chi connectivity index (χ2n) is 2.54. The van der Waals surface area contributed by atoms with E-state index in [-0.39, 0.29) is 0 Å². The van der Waals surface area contributed by atoms with Crippen molar-refractivity contribution in [3.05, 3.63) is 12.3 Å². The molecule has 0 aliphatic carbocycles. The number of rotatable bonds is 1. The summed E-state index contributed by atoms with van der Waals surface area (Å²) in [5.74, 6) is 0. The number of hydrogen-bond acceptors (Lipinski definition) is 2. The molecule has 1 aliphatic rings. The number of hydrogen-bond donors (Lipinski definition) is 1. The highest BCUT2D eigenvalue weighted by atomic mass is 16.3. The summed E-state index contributed by atoms with van der Waals surface area (Å²) in [6.45, 7) is 1.99. The predicted molar refractivity (Wildman–Crippen MR) is 36.8 cm³/mol. The van der Waals surface area contributed by atoms with E-state index < -0.39 is 5.72 Å². The summed E-state index contributed by atoms with van der Waals surface area (Å²) in [6, 6.07) is 0. The maximum Gasteiger partial charge on any atom is 0.140 e. The van der Waals surface area contributed by atoms with E-state index in [1.807, 2.05) is 31.1 Å². The Balaban J connectivity index is 2.62. The van der Waals surface area contributed by atoms with Gasteiger partial charge in [0.05, 0.1) is 0 Å². The van der Waals surface area contributed by atoms with Gasteiger partial charge in [-0.25, -0.2) is 0 Å². The predicted octanol–water partition coefficient (Wildman–Crippen LogP) is 0.934. The minimum absolute atomic E-state index is 0.583. The fraction of sp³-hybridized carbons (Fsp3) is 0.714. The summed E-state index contributed by atoms with van der Waals surface area (Å²) in [4.78, 5) is 1.85. The molecule has 0 spiro atoms. The molecule has 0 amide bonds. The first-order valence-electron chi connectivity index (χ1n) is 3.31. The third-order valence-corrected chi connectivity index (χ3v) is 2.00. The highest BCUT2D eigenvalue weighted by molar-refractivity contribution is 5.00. The van der Waals surface area contributed by atoms with E-state index >= 15 is 0 Å². The average molecular weight is 127 g/mol. The first-order valence-corrected chi connectivity index (χ1v) is 3.31. The van der Waals surface area contributed by atoms with Crippen LogP contribution in [-0.4, -0.2) is 22.8 Å². The molecule has 0 aromatic rings. The minimum atomic E-state index is -0.583. The first-order chi connectivity index (χ1) is 4.19. The van der Waals surface area contributed by atoms with E-state index in [2.05, 4.69) is 0 Å². The summed E-state index contributed by atoms with van der Waals surface area (Å²) < 4.78 is 0. The standard InChI is InChI=1S/C7H13NO/c1-3-7(9)5-4-6-8(7)2/h4,6,9H,3,5H2,1-2H3. The Morgan fingerprint density at radius 2 is 2.44 bits per heavy atom. The van der Waals surface area contributed by atoms with Gasteiger partial charge < -0.3 is 10.0 Å². The van der Waals surface area contributed by atoms with Gasteiger partial charge in [0.1, 0.15) is 5.72 Å². The van der Waals surface area contributed by atoms with Gasteiger partial charge in [0.25, 0.3) is 0 Å². The van der Waals surface area contributed by atoms with Gasteiger partial charge >= 0.3 is 0 Å². The zero-order chi connectivity index (χ0) is 6.91. The maximum absolute atomic E-state index is 9.63. The Labute approximate surface area is 55.8 Å². The smallest absolute Gasteiger partial charge is 0.140 e. The van der Waals surface area contributed by atoms with E-state index in [9.17, 15) is 5.11 Å². The van der Waals surface area contributed by atoms with Crippen molar-refractivity contribution in [3.63, 3.8) is 0 Å². The van der Waals surface area contributed by atoms with Crippen molar-refractivity contribution < 1.29 is 5.11 Å². The van der Waals surface area contributed by atoms with E-state index in [0.29, 0.717) is 0 Å². The van der Waals surface area contributed by atoms with E-state index in [4.69, 9.17) is 0 Å². The molecule has 0 fully saturated rings. The molecular weight excluding hydrogens is 114 g/mol. The van der Waals surface area contributed by atoms with Crippen LogP contribution in [0.4, 0.5) is 0 Å². The quantitative estimate of drug-likeness (QED) is 0.566. The zero-order valence-electron chi connectivity index (χ0n) is 5.96. The Morgan fingerprint density at radius 1 is 1.78 bits per heavy atom. The van der Waals surface area contributed by atoms with Crippen molar-refractivity contribution in [1.29, 1.82) is 0 Å². The molecular formula is C7H13NO. The third kappa shape index (κ3) is 0.944. The van der Waals surface area contributed by atoms with Crippen molar-refractivity contribution in [2.45, 2.75) is 25.5 Å². The number of nitrogens with zero attached hydrogens (tertiary/aromatic N) is 1. The van der Waals surface area contributed by atoms with Crippen LogP contribution in [0.2, 0.25) is 0 Å². The molecule has 0 saturated heterocycles. The third-order valence-electron chi connectivity index (χ3n) is 2.00. The topological polar surface area (TPSA) is 23.5 Å². The van der Waals surface area contributed by atoms with Crippen molar-refractivity contribution in [3.8, 4) is 0 Å². The van der Waals surface area contributed by atoms with Gasteiger partial charge in [-0.1, -0.05) is 13.0 Å². The van der Waals surface area contributed by atoms with Gasteiger partial charge in [-0.05, 0) is 12.6 Å². The molecule has 1 unspecified atom stereocenters. The monoisotopic (exact) mass is 127 g/mol. The summed E-state index contributed by atoms with van der Waals surface area (Å²) >= 11 is 0. The van der Waals surface area contributed by atoms with E-state index in [1.165, 1.54) is 0 Å². The van der Waals surface area contributed by atoms with E-state index in [0.717, 1.165) is 12.8 Å². The molecule has 0 saturated carbocycles. The second-order valence-corrected chi connectivity index (χ2v) is 2.54. The largest absolute Gasteiger partial charge is 0.371 e. The Bertz CT molecular complexity index is 133. The van der Waals surface area contributed by atoms with Crippen LogP contribution in [0.5, 0.6) is 0 Å². The van der Waals surface area contributed by atoms with Crippen molar-refractivity contribution >= 4 is 0 Å². The van der Waals surface area contributed by atoms with Gasteiger partial charge in [0, 0.05) is 13.5 Å². The van der Waals surface area contributed by atoms with Crippen molar-refractivity contribution in [1.82, 2.24) is 4.90 Å². The molecule has 0 aromatic heterocycles. The van der Waals surface area contributed by atoms with Crippen LogP contribution in [-0.2, 0) is 0 Å². The van der Waals surface area contributed by atoms with Crippen LogP contribution in [0.25, 0.3) is 0 Å². The van der Waals surface area contributed by atoms with Crippen LogP contribution in [0, 0.1) is 0 Å². The normalized spacial score (nSPS) is 33.9. The maximum atomic E-state index is 9.63. The lowest BCUT2D eigenvalue weighted by molar-refractivity contribution is -0.0589. The van der Waals surface area contributed by atoms with Crippen LogP contribution in [0.3, 0.4) is 0 Å². The molecule has 9 heavy (non-hydrogen) atoms. The fourth-order valence-electron chi connectivity index (χ4n) is 1.08. The lowest BCUT2D eigenvalue weighted by Gasteiger charge is -2.30. The van der Waals surface area contributed by atoms with Gasteiger partial charge in [0.15, 0.2) is 0 Å². The van der Waals surface area contributed by atoms with Gasteiger partial charge in [-0.3, -0.25) is 0 Å². The molecule has 2 heteroatoms. The molecule has 1 heterocycles. The van der Waals surface area contributed by atoms with Crippen LogP contribution < -0.4 is 0 Å². The van der Waals surface area contributed by atoms with Crippen molar-refractivity contribution in [2.24, 2.45) is 0 Å². The Morgan fingerprint density at radius 3 is 2.67 bits per heavy atom. The molecule has 2 nitrogen and oxygen atoms in total. The number of aliphatic hydroxyl groups is 1. The summed E-state index contributed by atoms with van der Waals surface area (Å²) in [5.41, 5.74) is -0.583. The van der Waals surface area contributed by atoms with E-state index in [1.54, 1.807) is 0 Å².